The summed E-state index contributed by atoms with van der Waals surface area (Å²) < 4.78 is 0. The van der Waals surface area contributed by atoms with E-state index in [-0.39, 0.29) is 5.91 Å². The van der Waals surface area contributed by atoms with Crippen molar-refractivity contribution in [1.82, 2.24) is 10.3 Å². The predicted octanol–water partition coefficient (Wildman–Crippen LogP) is -0.948. The Labute approximate surface area is 59.2 Å². The summed E-state index contributed by atoms with van der Waals surface area (Å²) in [7, 11) is 5.42. The Bertz CT molecular complexity index is 292. The molecule has 0 spiro atoms. The van der Waals surface area contributed by atoms with E-state index >= 15 is 0 Å². The highest BCUT2D eigenvalue weighted by Crippen LogP contribution is 2.10. The Morgan fingerprint density at radius 1 is 1.60 bits per heavy atom. The Morgan fingerprint density at radius 3 is 3.10 bits per heavy atom. The fraction of sp³-hybridized carbons (Fsp3) is 0.167. The second-order valence-electron chi connectivity index (χ2n) is 2.30. The number of carbonyl (C=O) groups is 1. The smallest absolute Gasteiger partial charge is 0.253 e. The highest BCUT2D eigenvalue weighted by molar-refractivity contribution is 6.31. The van der Waals surface area contributed by atoms with E-state index in [4.69, 9.17) is 7.85 Å². The van der Waals surface area contributed by atoms with Crippen molar-refractivity contribution in [2.24, 2.45) is 0 Å². The summed E-state index contributed by atoms with van der Waals surface area (Å²) in [5, 5.41) is 2.67. The number of hydrogen-bond acceptors (Lipinski definition) is 1. The summed E-state index contributed by atoms with van der Waals surface area (Å²) >= 11 is 0. The predicted molar refractivity (Wildman–Crippen MR) is 37.4 cm³/mol. The maximum Gasteiger partial charge on any atom is 0.253 e. The third kappa shape index (κ3) is 0.587. The molecule has 1 aliphatic heterocycles. The highest BCUT2D eigenvalue weighted by Gasteiger charge is 2.19. The molecule has 1 aliphatic rings. The number of H-pyrrole nitrogens is 1. The largest absolute Gasteiger partial charge is 0.370 e. The molecule has 0 bridgehead atoms. The van der Waals surface area contributed by atoms with Crippen LogP contribution in [0.3, 0.4) is 0 Å². The average molecular weight is 132 g/mol. The lowest BCUT2D eigenvalue weighted by Gasteiger charge is -1.88. The standard InChI is InChI=1S/C6H5BN2O/c7-5-1-3-4(9-5)2-8-6(3)10/h1,9H,2H2,(H,8,10). The molecule has 1 aromatic heterocycles. The normalized spacial score (nSPS) is 15.0. The van der Waals surface area contributed by atoms with E-state index in [9.17, 15) is 4.79 Å². The molecule has 0 aliphatic carbocycles. The maximum absolute atomic E-state index is 10.9. The van der Waals surface area contributed by atoms with Crippen LogP contribution >= 0.6 is 0 Å². The second-order valence-corrected chi connectivity index (χ2v) is 2.30. The molecule has 1 aromatic rings. The zero-order valence-corrected chi connectivity index (χ0v) is 5.27. The van der Waals surface area contributed by atoms with Gasteiger partial charge in [0, 0.05) is 5.69 Å². The lowest BCUT2D eigenvalue weighted by atomic mass is 10.1. The first-order chi connectivity index (χ1) is 4.77. The van der Waals surface area contributed by atoms with E-state index in [0.29, 0.717) is 17.7 Å². The quantitative estimate of drug-likeness (QED) is 0.439. The van der Waals surface area contributed by atoms with Gasteiger partial charge in [0.15, 0.2) is 0 Å². The fourth-order valence-electron chi connectivity index (χ4n) is 1.13. The van der Waals surface area contributed by atoms with Gasteiger partial charge in [-0.1, -0.05) is 0 Å². The molecule has 3 nitrogen and oxygen atoms in total. The summed E-state index contributed by atoms with van der Waals surface area (Å²) in [5.74, 6) is -0.0389. The SMILES string of the molecule is [B]c1cc2c([nH]1)CNC2=O. The van der Waals surface area contributed by atoms with Crippen molar-refractivity contribution < 1.29 is 4.79 Å². The number of carbonyl (C=O) groups excluding carboxylic acids is 1. The number of amides is 1. The minimum Gasteiger partial charge on any atom is -0.370 e. The summed E-state index contributed by atoms with van der Waals surface area (Å²) in [6, 6.07) is 1.65. The van der Waals surface area contributed by atoms with Crippen molar-refractivity contribution in [2.75, 3.05) is 0 Å². The molecule has 4 heteroatoms. The number of rotatable bonds is 0. The monoisotopic (exact) mass is 132 g/mol. The Balaban J connectivity index is 2.59. The molecular formula is C6H5BN2O. The van der Waals surface area contributed by atoms with Gasteiger partial charge < -0.3 is 10.3 Å². The molecule has 2 heterocycles. The summed E-state index contributed by atoms with van der Waals surface area (Å²) in [5.41, 5.74) is 2.12. The van der Waals surface area contributed by atoms with E-state index in [0.717, 1.165) is 5.69 Å². The van der Waals surface area contributed by atoms with Crippen LogP contribution in [-0.4, -0.2) is 18.7 Å². The summed E-state index contributed by atoms with van der Waals surface area (Å²) in [6.07, 6.45) is 0. The molecule has 48 valence electrons. The average Bonchev–Trinajstić information content (AvgIpc) is 2.35. The third-order valence-electron chi connectivity index (χ3n) is 1.59. The van der Waals surface area contributed by atoms with Crippen LogP contribution in [0.1, 0.15) is 16.1 Å². The fourth-order valence-corrected chi connectivity index (χ4v) is 1.13. The number of hydrogen-bond donors (Lipinski definition) is 2. The van der Waals surface area contributed by atoms with Crippen LogP contribution in [-0.2, 0) is 6.54 Å². The van der Waals surface area contributed by atoms with E-state index in [1.807, 2.05) is 0 Å². The van der Waals surface area contributed by atoms with Crippen LogP contribution in [0.25, 0.3) is 0 Å². The van der Waals surface area contributed by atoms with Crippen LogP contribution in [0.2, 0.25) is 0 Å². The van der Waals surface area contributed by atoms with Gasteiger partial charge in [0.1, 0.15) is 7.85 Å². The van der Waals surface area contributed by atoms with Crippen LogP contribution in [0.15, 0.2) is 6.07 Å². The molecule has 0 saturated heterocycles. The van der Waals surface area contributed by atoms with E-state index in [1.54, 1.807) is 6.07 Å². The first kappa shape index (κ1) is 5.59. The molecule has 1 amide bonds. The lowest BCUT2D eigenvalue weighted by Crippen LogP contribution is -2.15. The van der Waals surface area contributed by atoms with E-state index in [2.05, 4.69) is 10.3 Å². The minimum atomic E-state index is -0.0389. The molecule has 2 N–H and O–H groups in total. The molecule has 0 fully saturated rings. The van der Waals surface area contributed by atoms with Gasteiger partial charge in [-0.25, -0.2) is 0 Å². The number of fused-ring (bicyclic) bond motifs is 1. The van der Waals surface area contributed by atoms with Gasteiger partial charge in [0.05, 0.1) is 12.1 Å². The molecule has 10 heavy (non-hydrogen) atoms. The van der Waals surface area contributed by atoms with Crippen LogP contribution < -0.4 is 10.9 Å². The topological polar surface area (TPSA) is 44.9 Å². The Hall–Kier alpha value is -1.19. The van der Waals surface area contributed by atoms with Crippen molar-refractivity contribution in [2.45, 2.75) is 6.54 Å². The molecular weight excluding hydrogens is 127 g/mol. The maximum atomic E-state index is 10.9. The third-order valence-corrected chi connectivity index (χ3v) is 1.59. The second kappa shape index (κ2) is 1.65. The first-order valence-electron chi connectivity index (χ1n) is 3.03. The number of aromatic amines is 1. The Morgan fingerprint density at radius 2 is 2.40 bits per heavy atom. The summed E-state index contributed by atoms with van der Waals surface area (Å²) in [6.45, 7) is 0.575. The number of aromatic nitrogens is 1. The van der Waals surface area contributed by atoms with Gasteiger partial charge in [0.25, 0.3) is 5.91 Å². The molecule has 2 radical (unpaired) electrons. The summed E-state index contributed by atoms with van der Waals surface area (Å²) in [4.78, 5) is 13.8. The van der Waals surface area contributed by atoms with Crippen molar-refractivity contribution >= 4 is 19.3 Å². The molecule has 0 aromatic carbocycles. The Kier molecular flexibility index (Phi) is 0.924. The van der Waals surface area contributed by atoms with Crippen molar-refractivity contribution in [3.05, 3.63) is 17.3 Å². The van der Waals surface area contributed by atoms with Gasteiger partial charge in [-0.3, -0.25) is 4.79 Å². The van der Waals surface area contributed by atoms with Crippen LogP contribution in [0, 0.1) is 0 Å². The van der Waals surface area contributed by atoms with Gasteiger partial charge in [-0.15, -0.1) is 0 Å². The van der Waals surface area contributed by atoms with Crippen LogP contribution in [0.5, 0.6) is 0 Å². The number of nitrogens with one attached hydrogen (secondary N) is 2. The van der Waals surface area contributed by atoms with E-state index < -0.39 is 0 Å². The zero-order valence-electron chi connectivity index (χ0n) is 5.27. The minimum absolute atomic E-state index is 0.0389. The van der Waals surface area contributed by atoms with E-state index in [1.165, 1.54) is 0 Å². The van der Waals surface area contributed by atoms with Crippen molar-refractivity contribution in [1.29, 1.82) is 0 Å². The van der Waals surface area contributed by atoms with Crippen molar-refractivity contribution in [3.8, 4) is 0 Å². The molecule has 0 saturated carbocycles. The first-order valence-corrected chi connectivity index (χ1v) is 3.03. The van der Waals surface area contributed by atoms with Gasteiger partial charge in [-0.05, 0) is 11.7 Å². The molecule has 0 unspecified atom stereocenters. The van der Waals surface area contributed by atoms with Gasteiger partial charge in [-0.2, -0.15) is 0 Å². The van der Waals surface area contributed by atoms with Gasteiger partial charge >= 0.3 is 0 Å². The molecule has 0 atom stereocenters. The van der Waals surface area contributed by atoms with Gasteiger partial charge in [0.2, 0.25) is 0 Å². The van der Waals surface area contributed by atoms with Crippen LogP contribution in [0.4, 0.5) is 0 Å². The molecule has 2 rings (SSSR count). The highest BCUT2D eigenvalue weighted by atomic mass is 16.1. The zero-order chi connectivity index (χ0) is 7.14. The lowest BCUT2D eigenvalue weighted by molar-refractivity contribution is 0.0966. The van der Waals surface area contributed by atoms with Crippen molar-refractivity contribution in [3.63, 3.8) is 0 Å².